The molecule has 0 aliphatic carbocycles. The second-order valence-electron chi connectivity index (χ2n) is 5.68. The number of nitrogens with zero attached hydrogens (tertiary/aromatic N) is 2. The molecule has 2 rings (SSSR count). The quantitative estimate of drug-likeness (QED) is 0.692. The Hall–Kier alpha value is -1.60. The van der Waals surface area contributed by atoms with E-state index in [0.29, 0.717) is 19.0 Å². The first kappa shape index (κ1) is 18.7. The number of carbonyl (C=O) groups excluding carboxylic acids is 1. The van der Waals surface area contributed by atoms with Crippen molar-refractivity contribution in [1.82, 2.24) is 15.2 Å². The number of amides is 1. The molecular formula is C17H24FN3O2S. The van der Waals surface area contributed by atoms with Gasteiger partial charge < -0.3 is 10.1 Å². The summed E-state index contributed by atoms with van der Waals surface area (Å²) < 4.78 is 17.4. The van der Waals surface area contributed by atoms with E-state index in [1.165, 1.54) is 24.8 Å². The number of nitrogens with one attached hydrogen (secondary N) is 1. The minimum Gasteiger partial charge on any atom is -0.473 e. The maximum Gasteiger partial charge on any atom is 0.232 e. The summed E-state index contributed by atoms with van der Waals surface area (Å²) >= 11 is 0.0164. The third kappa shape index (κ3) is 7.31. The summed E-state index contributed by atoms with van der Waals surface area (Å²) in [4.78, 5) is 17.7. The minimum atomic E-state index is -0.319. The number of aromatic nitrogens is 1. The van der Waals surface area contributed by atoms with Crippen molar-refractivity contribution in [2.75, 3.05) is 32.0 Å². The third-order valence-corrected chi connectivity index (χ3v) is 4.12. The highest BCUT2D eigenvalue weighted by Gasteiger charge is 2.10. The molecule has 7 heteroatoms. The Balaban J connectivity index is 1.68. The standard InChI is InChI=1S/C17H24FN3O2S/c18-24-14-16(22)19-7-2-5-11-23-17-12-15(6-8-20-17)13-21-9-3-1-4-10-21/h2,5-6,8,12H,1,3-4,7,9-11,13-14H2,(H,19,22)/b5-2-. The highest BCUT2D eigenvalue weighted by molar-refractivity contribution is 7.95. The van der Waals surface area contributed by atoms with Crippen molar-refractivity contribution in [1.29, 1.82) is 0 Å². The van der Waals surface area contributed by atoms with Crippen LogP contribution < -0.4 is 10.1 Å². The van der Waals surface area contributed by atoms with Gasteiger partial charge in [-0.25, -0.2) is 4.98 Å². The molecule has 1 aromatic rings. The molecule has 1 saturated heterocycles. The molecule has 24 heavy (non-hydrogen) atoms. The molecule has 5 nitrogen and oxygen atoms in total. The predicted octanol–water partition coefficient (Wildman–Crippen LogP) is 2.74. The van der Waals surface area contributed by atoms with Crippen LogP contribution in [0, 0.1) is 0 Å². The van der Waals surface area contributed by atoms with Gasteiger partial charge in [-0.2, -0.15) is 3.89 Å². The van der Waals surface area contributed by atoms with Crippen LogP contribution in [0.3, 0.4) is 0 Å². The molecule has 0 aromatic carbocycles. The largest absolute Gasteiger partial charge is 0.473 e. The number of halogens is 1. The summed E-state index contributed by atoms with van der Waals surface area (Å²) in [6, 6.07) is 4.00. The number of carbonyl (C=O) groups is 1. The lowest BCUT2D eigenvalue weighted by Gasteiger charge is -2.26. The fourth-order valence-corrected chi connectivity index (χ4v) is 2.76. The molecule has 2 heterocycles. The van der Waals surface area contributed by atoms with Crippen LogP contribution in [0.5, 0.6) is 5.88 Å². The summed E-state index contributed by atoms with van der Waals surface area (Å²) in [7, 11) is 0. The van der Waals surface area contributed by atoms with Crippen molar-refractivity contribution < 1.29 is 13.4 Å². The number of ether oxygens (including phenoxy) is 1. The van der Waals surface area contributed by atoms with Gasteiger partial charge in [-0.05, 0) is 43.6 Å². The van der Waals surface area contributed by atoms with Crippen molar-refractivity contribution in [3.8, 4) is 5.88 Å². The Bertz CT molecular complexity index is 536. The Kier molecular flexibility index (Phi) is 8.62. The second kappa shape index (κ2) is 11.0. The Labute approximate surface area is 147 Å². The predicted molar refractivity (Wildman–Crippen MR) is 94.6 cm³/mol. The molecule has 132 valence electrons. The molecular weight excluding hydrogens is 329 g/mol. The van der Waals surface area contributed by atoms with E-state index in [1.807, 2.05) is 18.2 Å². The topological polar surface area (TPSA) is 54.5 Å². The summed E-state index contributed by atoms with van der Waals surface area (Å²) in [6.07, 6.45) is 9.24. The van der Waals surface area contributed by atoms with Crippen molar-refractivity contribution >= 4 is 18.1 Å². The molecule has 1 aromatic heterocycles. The van der Waals surface area contributed by atoms with Gasteiger partial charge in [0.25, 0.3) is 0 Å². The maximum atomic E-state index is 11.8. The van der Waals surface area contributed by atoms with E-state index in [9.17, 15) is 8.68 Å². The van der Waals surface area contributed by atoms with E-state index >= 15 is 0 Å². The van der Waals surface area contributed by atoms with Gasteiger partial charge in [-0.1, -0.05) is 12.5 Å². The van der Waals surface area contributed by atoms with Gasteiger partial charge in [0, 0.05) is 25.4 Å². The number of piperidine rings is 1. The van der Waals surface area contributed by atoms with Crippen LogP contribution in [0.1, 0.15) is 24.8 Å². The normalized spacial score (nSPS) is 15.5. The van der Waals surface area contributed by atoms with Gasteiger partial charge in [0.1, 0.15) is 12.4 Å². The van der Waals surface area contributed by atoms with Gasteiger partial charge in [-0.3, -0.25) is 9.69 Å². The average molecular weight is 353 g/mol. The fraction of sp³-hybridized carbons (Fsp3) is 0.529. The maximum absolute atomic E-state index is 11.8. The molecule has 0 saturated carbocycles. The van der Waals surface area contributed by atoms with Gasteiger partial charge in [-0.15, -0.1) is 0 Å². The van der Waals surface area contributed by atoms with Crippen LogP contribution in [0.25, 0.3) is 0 Å². The first-order chi connectivity index (χ1) is 11.8. The van der Waals surface area contributed by atoms with Gasteiger partial charge in [0.2, 0.25) is 11.8 Å². The summed E-state index contributed by atoms with van der Waals surface area (Å²) in [6.45, 7) is 4.01. The molecule has 1 aliphatic heterocycles. The van der Waals surface area contributed by atoms with E-state index in [2.05, 4.69) is 15.2 Å². The average Bonchev–Trinajstić information content (AvgIpc) is 2.59. The Morgan fingerprint density at radius 2 is 2.21 bits per heavy atom. The third-order valence-electron chi connectivity index (χ3n) is 3.75. The van der Waals surface area contributed by atoms with Gasteiger partial charge in [0.05, 0.1) is 12.1 Å². The highest BCUT2D eigenvalue weighted by Crippen LogP contribution is 2.15. The molecule has 0 unspecified atom stereocenters. The lowest BCUT2D eigenvalue weighted by Crippen LogP contribution is -2.29. The van der Waals surface area contributed by atoms with E-state index in [1.54, 1.807) is 12.3 Å². The molecule has 0 atom stereocenters. The zero-order valence-electron chi connectivity index (χ0n) is 13.7. The molecule has 0 spiro atoms. The van der Waals surface area contributed by atoms with Crippen molar-refractivity contribution in [3.63, 3.8) is 0 Å². The first-order valence-corrected chi connectivity index (χ1v) is 9.12. The summed E-state index contributed by atoms with van der Waals surface area (Å²) in [5.74, 6) is 0.116. The summed E-state index contributed by atoms with van der Waals surface area (Å²) in [5, 5.41) is 2.57. The van der Waals surface area contributed by atoms with E-state index in [-0.39, 0.29) is 23.8 Å². The van der Waals surface area contributed by atoms with Crippen LogP contribution >= 0.6 is 12.1 Å². The van der Waals surface area contributed by atoms with Crippen molar-refractivity contribution in [3.05, 3.63) is 36.0 Å². The molecule has 1 amide bonds. The highest BCUT2D eigenvalue weighted by atomic mass is 32.2. The van der Waals surface area contributed by atoms with E-state index in [0.717, 1.165) is 19.6 Å². The van der Waals surface area contributed by atoms with Crippen molar-refractivity contribution in [2.24, 2.45) is 0 Å². The number of likely N-dealkylation sites (tertiary alicyclic amines) is 1. The van der Waals surface area contributed by atoms with Gasteiger partial charge in [0.15, 0.2) is 0 Å². The number of hydrogen-bond donors (Lipinski definition) is 1. The van der Waals surface area contributed by atoms with Crippen LogP contribution in [-0.2, 0) is 11.3 Å². The zero-order valence-corrected chi connectivity index (χ0v) is 14.6. The monoisotopic (exact) mass is 353 g/mol. The molecule has 1 fully saturated rings. The first-order valence-electron chi connectivity index (χ1n) is 8.23. The molecule has 0 radical (unpaired) electrons. The lowest BCUT2D eigenvalue weighted by molar-refractivity contribution is -0.118. The number of hydrogen-bond acceptors (Lipinski definition) is 5. The minimum absolute atomic E-state index is 0.0164. The van der Waals surface area contributed by atoms with E-state index < -0.39 is 0 Å². The Morgan fingerprint density at radius 3 is 3.00 bits per heavy atom. The van der Waals surface area contributed by atoms with Crippen molar-refractivity contribution in [2.45, 2.75) is 25.8 Å². The van der Waals surface area contributed by atoms with E-state index in [4.69, 9.17) is 4.74 Å². The fourth-order valence-electron chi connectivity index (χ4n) is 2.56. The smallest absolute Gasteiger partial charge is 0.232 e. The van der Waals surface area contributed by atoms with Crippen LogP contribution in [0.15, 0.2) is 30.5 Å². The van der Waals surface area contributed by atoms with Crippen LogP contribution in [0.2, 0.25) is 0 Å². The second-order valence-corrected chi connectivity index (χ2v) is 6.19. The van der Waals surface area contributed by atoms with Crippen LogP contribution in [-0.4, -0.2) is 47.8 Å². The zero-order chi connectivity index (χ0) is 17.0. The molecule has 1 N–H and O–H groups in total. The number of rotatable bonds is 9. The van der Waals surface area contributed by atoms with Gasteiger partial charge >= 0.3 is 0 Å². The SMILES string of the molecule is O=C(CSF)NC/C=C\COc1cc(CN2CCCCC2)ccn1. The van der Waals surface area contributed by atoms with Crippen LogP contribution in [0.4, 0.5) is 3.89 Å². The lowest BCUT2D eigenvalue weighted by atomic mass is 10.1. The number of pyridine rings is 1. The molecule has 0 bridgehead atoms. The Morgan fingerprint density at radius 1 is 1.38 bits per heavy atom. The summed E-state index contributed by atoms with van der Waals surface area (Å²) in [5.41, 5.74) is 1.21. The molecule has 1 aliphatic rings.